The first-order valence-electron chi connectivity index (χ1n) is 4.64. The van der Waals surface area contributed by atoms with Gasteiger partial charge in [-0.1, -0.05) is 11.3 Å². The first-order chi connectivity index (χ1) is 8.08. The summed E-state index contributed by atoms with van der Waals surface area (Å²) >= 11 is 0.825. The molecular weight excluding hydrogens is 264 g/mol. The van der Waals surface area contributed by atoms with Gasteiger partial charge in [0.05, 0.1) is 6.54 Å². The fourth-order valence-corrected chi connectivity index (χ4v) is 2.96. The van der Waals surface area contributed by atoms with Crippen LogP contribution in [0.15, 0.2) is 22.8 Å². The van der Waals surface area contributed by atoms with Crippen LogP contribution in [0.2, 0.25) is 0 Å². The van der Waals surface area contributed by atoms with Crippen LogP contribution in [0.5, 0.6) is 0 Å². The summed E-state index contributed by atoms with van der Waals surface area (Å²) in [6.07, 6.45) is 3.37. The molecule has 0 aliphatic carbocycles. The normalized spacial score (nSPS) is 11.8. The average molecular weight is 274 g/mol. The maximum Gasteiger partial charge on any atom is 0.269 e. The Labute approximate surface area is 102 Å². The van der Waals surface area contributed by atoms with E-state index in [1.165, 1.54) is 0 Å². The number of rotatable bonds is 5. The quantitative estimate of drug-likeness (QED) is 0.744. The standard InChI is InChI=1S/C7H10N6O2S2/c8-6-11-12-7(16-6)17(14,15)10-3-5-13-4-1-2-9-13/h1-2,4,10H,3,5H2,(H2,8,11). The summed E-state index contributed by atoms with van der Waals surface area (Å²) in [5.74, 6) is 0. The third kappa shape index (κ3) is 2.99. The zero-order chi connectivity index (χ0) is 12.3. The molecule has 0 saturated heterocycles. The number of nitrogen functional groups attached to an aromatic ring is 1. The first kappa shape index (κ1) is 12.0. The maximum absolute atomic E-state index is 11.7. The molecule has 10 heteroatoms. The van der Waals surface area contributed by atoms with Gasteiger partial charge in [0.1, 0.15) is 0 Å². The summed E-state index contributed by atoms with van der Waals surface area (Å²) in [4.78, 5) is 0. The van der Waals surface area contributed by atoms with Crippen molar-refractivity contribution in [3.8, 4) is 0 Å². The van der Waals surface area contributed by atoms with Gasteiger partial charge >= 0.3 is 0 Å². The van der Waals surface area contributed by atoms with Gasteiger partial charge in [-0.3, -0.25) is 4.68 Å². The second kappa shape index (κ2) is 4.77. The predicted molar refractivity (Wildman–Crippen MR) is 61.7 cm³/mol. The topological polar surface area (TPSA) is 116 Å². The fourth-order valence-electron chi connectivity index (χ4n) is 1.12. The predicted octanol–water partition coefficient (Wildman–Crippen LogP) is -0.705. The molecule has 0 aliphatic rings. The molecule has 2 heterocycles. The van der Waals surface area contributed by atoms with Crippen LogP contribution < -0.4 is 10.5 Å². The molecule has 8 nitrogen and oxygen atoms in total. The molecule has 0 spiro atoms. The molecule has 0 radical (unpaired) electrons. The number of nitrogens with zero attached hydrogens (tertiary/aromatic N) is 4. The molecule has 0 fully saturated rings. The van der Waals surface area contributed by atoms with Gasteiger partial charge in [0.2, 0.25) is 9.47 Å². The third-order valence-corrected chi connectivity index (χ3v) is 4.43. The summed E-state index contributed by atoms with van der Waals surface area (Å²) < 4.78 is 27.3. The SMILES string of the molecule is Nc1nnc(S(=O)(=O)NCCn2cccn2)s1. The van der Waals surface area contributed by atoms with Crippen LogP contribution in [0.1, 0.15) is 0 Å². The van der Waals surface area contributed by atoms with Crippen LogP contribution in [0.4, 0.5) is 5.13 Å². The molecule has 0 amide bonds. The lowest BCUT2D eigenvalue weighted by Crippen LogP contribution is -2.27. The number of hydrogen-bond donors (Lipinski definition) is 2. The largest absolute Gasteiger partial charge is 0.374 e. The van der Waals surface area contributed by atoms with Gasteiger partial charge in [0, 0.05) is 18.9 Å². The van der Waals surface area contributed by atoms with Gasteiger partial charge in [-0.25, -0.2) is 13.1 Å². The van der Waals surface area contributed by atoms with E-state index in [1.807, 2.05) is 0 Å². The smallest absolute Gasteiger partial charge is 0.269 e. The minimum absolute atomic E-state index is 0.123. The summed E-state index contributed by atoms with van der Waals surface area (Å²) in [7, 11) is -3.62. The minimum atomic E-state index is -3.62. The van der Waals surface area contributed by atoms with E-state index in [0.717, 1.165) is 11.3 Å². The van der Waals surface area contributed by atoms with Gasteiger partial charge in [-0.05, 0) is 6.07 Å². The Bertz CT molecular complexity index is 575. The van der Waals surface area contributed by atoms with E-state index >= 15 is 0 Å². The Kier molecular flexibility index (Phi) is 3.36. The van der Waals surface area contributed by atoms with Gasteiger partial charge in [-0.2, -0.15) is 5.10 Å². The van der Waals surface area contributed by atoms with E-state index in [1.54, 1.807) is 23.1 Å². The second-order valence-electron chi connectivity index (χ2n) is 3.07. The van der Waals surface area contributed by atoms with Crippen molar-refractivity contribution in [1.82, 2.24) is 24.7 Å². The van der Waals surface area contributed by atoms with Crippen molar-refractivity contribution in [1.29, 1.82) is 0 Å². The molecule has 3 N–H and O–H groups in total. The number of nitrogens with one attached hydrogen (secondary N) is 1. The molecule has 0 atom stereocenters. The van der Waals surface area contributed by atoms with E-state index in [9.17, 15) is 8.42 Å². The lowest BCUT2D eigenvalue weighted by molar-refractivity contribution is 0.559. The van der Waals surface area contributed by atoms with Crippen molar-refractivity contribution in [2.75, 3.05) is 12.3 Å². The third-order valence-electron chi connectivity index (χ3n) is 1.84. The van der Waals surface area contributed by atoms with Gasteiger partial charge in [0.25, 0.3) is 10.0 Å². The Morgan fingerprint density at radius 3 is 2.88 bits per heavy atom. The molecule has 2 aromatic rings. The molecule has 92 valence electrons. The lowest BCUT2D eigenvalue weighted by Gasteiger charge is -2.03. The molecule has 0 aromatic carbocycles. The van der Waals surface area contributed by atoms with E-state index in [-0.39, 0.29) is 16.0 Å². The Morgan fingerprint density at radius 2 is 2.29 bits per heavy atom. The molecule has 0 aliphatic heterocycles. The van der Waals surface area contributed by atoms with Crippen LogP contribution >= 0.6 is 11.3 Å². The highest BCUT2D eigenvalue weighted by molar-refractivity contribution is 7.91. The van der Waals surface area contributed by atoms with Crippen LogP contribution in [0, 0.1) is 0 Å². The van der Waals surface area contributed by atoms with Crippen LogP contribution in [0.25, 0.3) is 0 Å². The van der Waals surface area contributed by atoms with Crippen molar-refractivity contribution >= 4 is 26.5 Å². The molecule has 0 saturated carbocycles. The first-order valence-corrected chi connectivity index (χ1v) is 6.94. The van der Waals surface area contributed by atoms with Gasteiger partial charge < -0.3 is 5.73 Å². The molecule has 17 heavy (non-hydrogen) atoms. The highest BCUT2D eigenvalue weighted by atomic mass is 32.2. The summed E-state index contributed by atoms with van der Waals surface area (Å²) in [6, 6.07) is 1.76. The van der Waals surface area contributed by atoms with Crippen molar-refractivity contribution in [2.24, 2.45) is 0 Å². The summed E-state index contributed by atoms with van der Waals surface area (Å²) in [5.41, 5.74) is 5.32. The average Bonchev–Trinajstić information content (AvgIpc) is 2.89. The van der Waals surface area contributed by atoms with E-state index < -0.39 is 10.0 Å². The Hall–Kier alpha value is -1.52. The van der Waals surface area contributed by atoms with Crippen LogP contribution in [-0.2, 0) is 16.6 Å². The molecule has 2 aromatic heterocycles. The Morgan fingerprint density at radius 1 is 1.47 bits per heavy atom. The fraction of sp³-hybridized carbons (Fsp3) is 0.286. The minimum Gasteiger partial charge on any atom is -0.374 e. The molecular formula is C7H10N6O2S2. The molecule has 0 unspecified atom stereocenters. The highest BCUT2D eigenvalue weighted by Gasteiger charge is 2.18. The van der Waals surface area contributed by atoms with Gasteiger partial charge in [-0.15, -0.1) is 10.2 Å². The zero-order valence-electron chi connectivity index (χ0n) is 8.65. The summed E-state index contributed by atoms with van der Waals surface area (Å²) in [5, 5.41) is 11.0. The van der Waals surface area contributed by atoms with Crippen molar-refractivity contribution in [2.45, 2.75) is 10.9 Å². The number of hydrogen-bond acceptors (Lipinski definition) is 7. The van der Waals surface area contributed by atoms with Crippen LogP contribution in [-0.4, -0.2) is 34.9 Å². The lowest BCUT2D eigenvalue weighted by atomic mass is 10.6. The highest BCUT2D eigenvalue weighted by Crippen LogP contribution is 2.15. The Balaban J connectivity index is 1.94. The van der Waals surface area contributed by atoms with E-state index in [2.05, 4.69) is 20.0 Å². The van der Waals surface area contributed by atoms with Crippen LogP contribution in [0.3, 0.4) is 0 Å². The van der Waals surface area contributed by atoms with Gasteiger partial charge in [0.15, 0.2) is 0 Å². The van der Waals surface area contributed by atoms with Crippen molar-refractivity contribution in [3.05, 3.63) is 18.5 Å². The van der Waals surface area contributed by atoms with Crippen molar-refractivity contribution < 1.29 is 8.42 Å². The van der Waals surface area contributed by atoms with E-state index in [0.29, 0.717) is 6.54 Å². The number of anilines is 1. The summed E-state index contributed by atoms with van der Waals surface area (Å²) in [6.45, 7) is 0.671. The van der Waals surface area contributed by atoms with E-state index in [4.69, 9.17) is 5.73 Å². The molecule has 0 bridgehead atoms. The second-order valence-corrected chi connectivity index (χ2v) is 6.02. The number of sulfonamides is 1. The monoisotopic (exact) mass is 274 g/mol. The molecule has 2 rings (SSSR count). The zero-order valence-corrected chi connectivity index (χ0v) is 10.3. The van der Waals surface area contributed by atoms with Crippen molar-refractivity contribution in [3.63, 3.8) is 0 Å². The number of aromatic nitrogens is 4. The maximum atomic E-state index is 11.7. The number of nitrogens with two attached hydrogens (primary N) is 1.